The third-order valence-corrected chi connectivity index (χ3v) is 3.58. The monoisotopic (exact) mass is 459 g/mol. The van der Waals surface area contributed by atoms with Crippen LogP contribution in [0, 0.1) is 0 Å². The third-order valence-electron chi connectivity index (χ3n) is 3.32. The van der Waals surface area contributed by atoms with Gasteiger partial charge in [-0.1, -0.05) is 54.1 Å². The summed E-state index contributed by atoms with van der Waals surface area (Å²) in [7, 11) is 0. The molecular formula is C18H23ClIN3O. The summed E-state index contributed by atoms with van der Waals surface area (Å²) in [6.45, 7) is 3.74. The Labute approximate surface area is 165 Å². The molecule has 24 heavy (non-hydrogen) atoms. The molecule has 130 valence electrons. The zero-order chi connectivity index (χ0) is 16.5. The maximum atomic E-state index is 10.2. The van der Waals surface area contributed by atoms with Crippen LogP contribution < -0.4 is 10.6 Å². The highest BCUT2D eigenvalue weighted by Crippen LogP contribution is 2.15. The molecule has 1 unspecified atom stereocenters. The Morgan fingerprint density at radius 1 is 1.08 bits per heavy atom. The van der Waals surface area contributed by atoms with Gasteiger partial charge in [-0.05, 0) is 30.2 Å². The van der Waals surface area contributed by atoms with E-state index in [1.165, 1.54) is 0 Å². The van der Waals surface area contributed by atoms with E-state index in [4.69, 9.17) is 11.6 Å². The van der Waals surface area contributed by atoms with Crippen LogP contribution in [-0.4, -0.2) is 24.2 Å². The molecule has 0 aliphatic carbocycles. The lowest BCUT2D eigenvalue weighted by atomic mass is 10.1. The van der Waals surface area contributed by atoms with E-state index >= 15 is 0 Å². The van der Waals surface area contributed by atoms with Crippen molar-refractivity contribution in [2.24, 2.45) is 4.99 Å². The van der Waals surface area contributed by atoms with Gasteiger partial charge < -0.3 is 15.7 Å². The lowest BCUT2D eigenvalue weighted by Gasteiger charge is -2.15. The number of aliphatic hydroxyl groups is 1. The van der Waals surface area contributed by atoms with Gasteiger partial charge in [0.1, 0.15) is 0 Å². The third kappa shape index (κ3) is 7.07. The Morgan fingerprint density at radius 3 is 2.38 bits per heavy atom. The van der Waals surface area contributed by atoms with E-state index in [0.717, 1.165) is 17.7 Å². The molecule has 0 aromatic heterocycles. The average molecular weight is 460 g/mol. The summed E-state index contributed by atoms with van der Waals surface area (Å²) in [5, 5.41) is 17.2. The molecule has 6 heteroatoms. The summed E-state index contributed by atoms with van der Waals surface area (Å²) >= 11 is 5.86. The summed E-state index contributed by atoms with van der Waals surface area (Å²) in [6.07, 6.45) is -0.618. The van der Waals surface area contributed by atoms with Crippen LogP contribution in [-0.2, 0) is 6.54 Å². The number of nitrogens with one attached hydrogen (secondary N) is 2. The number of aliphatic hydroxyl groups excluding tert-OH is 1. The molecule has 0 bridgehead atoms. The molecule has 0 fully saturated rings. The summed E-state index contributed by atoms with van der Waals surface area (Å²) in [5.74, 6) is 0.685. The lowest BCUT2D eigenvalue weighted by Crippen LogP contribution is -2.39. The molecule has 0 saturated carbocycles. The molecule has 3 N–H and O–H groups in total. The van der Waals surface area contributed by atoms with E-state index < -0.39 is 6.10 Å². The Hall–Kier alpha value is -1.31. The second kappa shape index (κ2) is 11.3. The fraction of sp³-hybridized carbons (Fsp3) is 0.278. The molecule has 0 heterocycles. The second-order valence-corrected chi connectivity index (χ2v) is 5.57. The SMILES string of the molecule is CCNC(=NCc1ccccc1)NCC(O)c1ccc(Cl)cc1.I. The van der Waals surface area contributed by atoms with Gasteiger partial charge in [0.05, 0.1) is 12.6 Å². The molecule has 0 saturated heterocycles. The van der Waals surface area contributed by atoms with Crippen LogP contribution in [0.4, 0.5) is 0 Å². The zero-order valence-corrected chi connectivity index (χ0v) is 16.7. The summed E-state index contributed by atoms with van der Waals surface area (Å²) < 4.78 is 0. The van der Waals surface area contributed by atoms with E-state index in [-0.39, 0.29) is 24.0 Å². The van der Waals surface area contributed by atoms with Crippen LogP contribution in [0.1, 0.15) is 24.2 Å². The summed E-state index contributed by atoms with van der Waals surface area (Å²) in [5.41, 5.74) is 1.96. The van der Waals surface area contributed by atoms with Crippen molar-refractivity contribution in [2.45, 2.75) is 19.6 Å². The predicted molar refractivity (Wildman–Crippen MR) is 111 cm³/mol. The van der Waals surface area contributed by atoms with E-state index in [0.29, 0.717) is 24.1 Å². The number of guanidine groups is 1. The quantitative estimate of drug-likeness (QED) is 0.350. The van der Waals surface area contributed by atoms with Crippen LogP contribution in [0.2, 0.25) is 5.02 Å². The zero-order valence-electron chi connectivity index (χ0n) is 13.6. The van der Waals surface area contributed by atoms with Gasteiger partial charge in [0, 0.05) is 18.1 Å². The minimum atomic E-state index is -0.618. The number of hydrogen-bond acceptors (Lipinski definition) is 2. The van der Waals surface area contributed by atoms with Crippen LogP contribution >= 0.6 is 35.6 Å². The van der Waals surface area contributed by atoms with Crippen LogP contribution in [0.15, 0.2) is 59.6 Å². The average Bonchev–Trinajstić information content (AvgIpc) is 2.58. The molecule has 0 radical (unpaired) electrons. The molecule has 4 nitrogen and oxygen atoms in total. The molecule has 2 aromatic rings. The van der Waals surface area contributed by atoms with Crippen molar-refractivity contribution in [3.63, 3.8) is 0 Å². The van der Waals surface area contributed by atoms with Gasteiger partial charge in [-0.25, -0.2) is 4.99 Å². The normalized spacial score (nSPS) is 12.2. The summed E-state index contributed by atoms with van der Waals surface area (Å²) in [6, 6.07) is 17.2. The smallest absolute Gasteiger partial charge is 0.191 e. The highest BCUT2D eigenvalue weighted by Gasteiger charge is 2.08. The fourth-order valence-corrected chi connectivity index (χ4v) is 2.22. The van der Waals surface area contributed by atoms with E-state index in [2.05, 4.69) is 15.6 Å². The van der Waals surface area contributed by atoms with E-state index in [1.54, 1.807) is 12.1 Å². The van der Waals surface area contributed by atoms with Gasteiger partial charge in [-0.15, -0.1) is 24.0 Å². The lowest BCUT2D eigenvalue weighted by molar-refractivity contribution is 0.181. The molecule has 0 spiro atoms. The number of nitrogens with zero attached hydrogens (tertiary/aromatic N) is 1. The maximum absolute atomic E-state index is 10.2. The minimum Gasteiger partial charge on any atom is -0.387 e. The molecule has 2 rings (SSSR count). The van der Waals surface area contributed by atoms with Crippen molar-refractivity contribution >= 4 is 41.5 Å². The Morgan fingerprint density at radius 2 is 1.75 bits per heavy atom. The molecular weight excluding hydrogens is 437 g/mol. The van der Waals surface area contributed by atoms with Crippen molar-refractivity contribution < 1.29 is 5.11 Å². The van der Waals surface area contributed by atoms with Gasteiger partial charge in [-0.3, -0.25) is 0 Å². The Balaban J connectivity index is 0.00000288. The number of hydrogen-bond donors (Lipinski definition) is 3. The first kappa shape index (κ1) is 20.7. The van der Waals surface area contributed by atoms with E-state index in [9.17, 15) is 5.11 Å². The van der Waals surface area contributed by atoms with Gasteiger partial charge in [0.15, 0.2) is 5.96 Å². The highest BCUT2D eigenvalue weighted by atomic mass is 127. The maximum Gasteiger partial charge on any atom is 0.191 e. The number of halogens is 2. The van der Waals surface area contributed by atoms with Crippen LogP contribution in [0.5, 0.6) is 0 Å². The number of benzene rings is 2. The standard InChI is InChI=1S/C18H22ClN3O.HI/c1-2-20-18(21-12-14-6-4-3-5-7-14)22-13-17(23)15-8-10-16(19)11-9-15;/h3-11,17,23H,2,12-13H2,1H3,(H2,20,21,22);1H. The predicted octanol–water partition coefficient (Wildman–Crippen LogP) is 3.75. The summed E-state index contributed by atoms with van der Waals surface area (Å²) in [4.78, 5) is 4.53. The van der Waals surface area contributed by atoms with Crippen LogP contribution in [0.3, 0.4) is 0 Å². The largest absolute Gasteiger partial charge is 0.387 e. The molecule has 0 aliphatic heterocycles. The molecule has 2 aromatic carbocycles. The van der Waals surface area contributed by atoms with Crippen molar-refractivity contribution in [1.82, 2.24) is 10.6 Å². The van der Waals surface area contributed by atoms with Crippen LogP contribution in [0.25, 0.3) is 0 Å². The van der Waals surface area contributed by atoms with Gasteiger partial charge in [-0.2, -0.15) is 0 Å². The topological polar surface area (TPSA) is 56.7 Å². The van der Waals surface area contributed by atoms with Crippen molar-refractivity contribution in [2.75, 3.05) is 13.1 Å². The van der Waals surface area contributed by atoms with Crippen molar-refractivity contribution in [3.05, 3.63) is 70.7 Å². The van der Waals surface area contributed by atoms with Crippen molar-refractivity contribution in [3.8, 4) is 0 Å². The van der Waals surface area contributed by atoms with Gasteiger partial charge in [0.25, 0.3) is 0 Å². The van der Waals surface area contributed by atoms with E-state index in [1.807, 2.05) is 49.4 Å². The Kier molecular flexibility index (Phi) is 9.75. The second-order valence-electron chi connectivity index (χ2n) is 5.13. The highest BCUT2D eigenvalue weighted by molar-refractivity contribution is 14.0. The van der Waals surface area contributed by atoms with Gasteiger partial charge in [0.2, 0.25) is 0 Å². The van der Waals surface area contributed by atoms with Crippen molar-refractivity contribution in [1.29, 1.82) is 0 Å². The minimum absolute atomic E-state index is 0. The molecule has 0 amide bonds. The van der Waals surface area contributed by atoms with Gasteiger partial charge >= 0.3 is 0 Å². The fourth-order valence-electron chi connectivity index (χ4n) is 2.09. The molecule has 1 atom stereocenters. The molecule has 0 aliphatic rings. The number of aliphatic imine (C=N–C) groups is 1. The first-order valence-electron chi connectivity index (χ1n) is 7.68. The first-order valence-corrected chi connectivity index (χ1v) is 8.06. The number of rotatable bonds is 6. The first-order chi connectivity index (χ1) is 11.2. The Bertz CT molecular complexity index is 620.